The second-order valence-corrected chi connectivity index (χ2v) is 11.0. The first-order valence-corrected chi connectivity index (χ1v) is 13.4. The molecule has 1 heterocycles. The van der Waals surface area contributed by atoms with Gasteiger partial charge in [-0.3, -0.25) is 14.4 Å². The second kappa shape index (κ2) is 11.6. The summed E-state index contributed by atoms with van der Waals surface area (Å²) >= 11 is 0. The van der Waals surface area contributed by atoms with Crippen molar-refractivity contribution in [3.63, 3.8) is 0 Å². The van der Waals surface area contributed by atoms with Crippen LogP contribution >= 0.6 is 0 Å². The molecule has 0 saturated heterocycles. The molecule has 2 saturated carbocycles. The fourth-order valence-electron chi connectivity index (χ4n) is 5.32. The van der Waals surface area contributed by atoms with E-state index < -0.39 is 0 Å². The molecule has 0 spiro atoms. The van der Waals surface area contributed by atoms with Gasteiger partial charge in [-0.15, -0.1) is 0 Å². The van der Waals surface area contributed by atoms with E-state index in [2.05, 4.69) is 12.2 Å². The molecular weight excluding hydrogens is 458 g/mol. The van der Waals surface area contributed by atoms with E-state index in [1.54, 1.807) is 37.3 Å². The number of carbonyl (C=O) groups is 3. The standard InChI is InChI=1S/C28H41N3O5/c1-18-15-31(26(32)13-20-9-10-20)19(2)17-36-24-14-22(29-27(33)21-7-5-6-8-21)11-12-23(24)28(34)30(3)16-25(18)35-4/h11-12,14,18-21,25H,5-10,13,15-17H2,1-4H3,(H,29,33)/t18-,19-,25+/m1/s1. The Labute approximate surface area is 214 Å². The van der Waals surface area contributed by atoms with Crippen LogP contribution in [0.15, 0.2) is 18.2 Å². The molecule has 3 amide bonds. The van der Waals surface area contributed by atoms with Crippen LogP contribution in [0.5, 0.6) is 5.75 Å². The van der Waals surface area contributed by atoms with Gasteiger partial charge in [0.1, 0.15) is 12.4 Å². The molecule has 2 aliphatic carbocycles. The number of nitrogens with one attached hydrogen (secondary N) is 1. The summed E-state index contributed by atoms with van der Waals surface area (Å²) in [5.74, 6) is 1.00. The van der Waals surface area contributed by atoms with Crippen molar-refractivity contribution < 1.29 is 23.9 Å². The maximum atomic E-state index is 13.4. The topological polar surface area (TPSA) is 88.2 Å². The molecule has 1 aromatic carbocycles. The molecule has 8 nitrogen and oxygen atoms in total. The average molecular weight is 500 g/mol. The van der Waals surface area contributed by atoms with E-state index in [0.717, 1.165) is 38.5 Å². The van der Waals surface area contributed by atoms with E-state index in [4.69, 9.17) is 9.47 Å². The van der Waals surface area contributed by atoms with Gasteiger partial charge in [0.05, 0.1) is 17.7 Å². The SMILES string of the molecule is CO[C@H]1CN(C)C(=O)c2ccc(NC(=O)C3CCCC3)cc2OC[C@@H](C)N(C(=O)CC2CC2)C[C@H]1C. The van der Waals surface area contributed by atoms with Gasteiger partial charge < -0.3 is 24.6 Å². The van der Waals surface area contributed by atoms with Crippen molar-refractivity contribution in [2.24, 2.45) is 17.8 Å². The van der Waals surface area contributed by atoms with Crippen LogP contribution in [0.3, 0.4) is 0 Å². The third-order valence-electron chi connectivity index (χ3n) is 7.92. The molecule has 0 aromatic heterocycles. The fraction of sp³-hybridized carbons (Fsp3) is 0.679. The summed E-state index contributed by atoms with van der Waals surface area (Å²) in [7, 11) is 3.41. The first-order chi connectivity index (χ1) is 17.3. The Kier molecular flexibility index (Phi) is 8.54. The highest BCUT2D eigenvalue weighted by molar-refractivity contribution is 5.98. The number of rotatable bonds is 5. The second-order valence-electron chi connectivity index (χ2n) is 11.0. The molecule has 198 valence electrons. The lowest BCUT2D eigenvalue weighted by Crippen LogP contribution is -2.48. The third kappa shape index (κ3) is 6.38. The molecule has 0 bridgehead atoms. The summed E-state index contributed by atoms with van der Waals surface area (Å²) in [6.07, 6.45) is 6.60. The van der Waals surface area contributed by atoms with Gasteiger partial charge in [0, 0.05) is 57.3 Å². The summed E-state index contributed by atoms with van der Waals surface area (Å²) in [5, 5.41) is 3.01. The van der Waals surface area contributed by atoms with Crippen molar-refractivity contribution >= 4 is 23.4 Å². The Bertz CT molecular complexity index is 957. The highest BCUT2D eigenvalue weighted by atomic mass is 16.5. The number of nitrogens with zero attached hydrogens (tertiary/aromatic N) is 2. The minimum absolute atomic E-state index is 0.0196. The minimum atomic E-state index is -0.212. The Morgan fingerprint density at radius 2 is 1.83 bits per heavy atom. The molecule has 8 heteroatoms. The van der Waals surface area contributed by atoms with Crippen LogP contribution in [0.4, 0.5) is 5.69 Å². The first-order valence-electron chi connectivity index (χ1n) is 13.4. The molecular formula is C28H41N3O5. The lowest BCUT2D eigenvalue weighted by atomic mass is 10.0. The van der Waals surface area contributed by atoms with Gasteiger partial charge in [-0.1, -0.05) is 19.8 Å². The van der Waals surface area contributed by atoms with E-state index in [9.17, 15) is 14.4 Å². The van der Waals surface area contributed by atoms with Crippen molar-refractivity contribution in [3.05, 3.63) is 23.8 Å². The zero-order valence-electron chi connectivity index (χ0n) is 22.1. The van der Waals surface area contributed by atoms with Crippen molar-refractivity contribution in [2.75, 3.05) is 39.2 Å². The lowest BCUT2D eigenvalue weighted by molar-refractivity contribution is -0.135. The summed E-state index contributed by atoms with van der Waals surface area (Å²) in [4.78, 5) is 42.8. The maximum absolute atomic E-state index is 13.4. The monoisotopic (exact) mass is 499 g/mol. The van der Waals surface area contributed by atoms with Gasteiger partial charge in [-0.2, -0.15) is 0 Å². The van der Waals surface area contributed by atoms with Crippen molar-refractivity contribution in [1.82, 2.24) is 9.80 Å². The van der Waals surface area contributed by atoms with E-state index in [1.807, 2.05) is 11.8 Å². The third-order valence-corrected chi connectivity index (χ3v) is 7.92. The number of ether oxygens (including phenoxy) is 2. The fourth-order valence-corrected chi connectivity index (χ4v) is 5.32. The van der Waals surface area contributed by atoms with Crippen LogP contribution in [0.2, 0.25) is 0 Å². The van der Waals surface area contributed by atoms with Crippen molar-refractivity contribution in [2.45, 2.75) is 70.9 Å². The quantitative estimate of drug-likeness (QED) is 0.663. The maximum Gasteiger partial charge on any atom is 0.257 e. The van der Waals surface area contributed by atoms with Crippen molar-refractivity contribution in [3.8, 4) is 5.75 Å². The smallest absolute Gasteiger partial charge is 0.257 e. The molecule has 2 fully saturated rings. The predicted molar refractivity (Wildman–Crippen MR) is 138 cm³/mol. The lowest BCUT2D eigenvalue weighted by Gasteiger charge is -2.36. The highest BCUT2D eigenvalue weighted by Gasteiger charge is 2.33. The molecule has 3 atom stereocenters. The van der Waals surface area contributed by atoms with Crippen LogP contribution in [0.1, 0.15) is 69.2 Å². The van der Waals surface area contributed by atoms with E-state index >= 15 is 0 Å². The van der Waals surface area contributed by atoms with Gasteiger partial charge in [-0.05, 0) is 50.7 Å². The number of hydrogen-bond donors (Lipinski definition) is 1. The molecule has 3 aliphatic rings. The van der Waals surface area contributed by atoms with Gasteiger partial charge in [0.15, 0.2) is 0 Å². The normalized spacial score (nSPS) is 26.0. The minimum Gasteiger partial charge on any atom is -0.491 e. The number of hydrogen-bond acceptors (Lipinski definition) is 5. The molecule has 4 rings (SSSR count). The van der Waals surface area contributed by atoms with Gasteiger partial charge in [0.25, 0.3) is 5.91 Å². The number of methoxy groups -OCH3 is 1. The Morgan fingerprint density at radius 3 is 2.50 bits per heavy atom. The summed E-state index contributed by atoms with van der Waals surface area (Å²) in [6.45, 7) is 5.25. The molecule has 1 aliphatic heterocycles. The molecule has 1 aromatic rings. The van der Waals surface area contributed by atoms with Gasteiger partial charge >= 0.3 is 0 Å². The first kappa shape index (κ1) is 26.5. The summed E-state index contributed by atoms with van der Waals surface area (Å²) in [5.41, 5.74) is 1.05. The zero-order chi connectivity index (χ0) is 25.8. The van der Waals surface area contributed by atoms with Crippen LogP contribution in [0, 0.1) is 17.8 Å². The van der Waals surface area contributed by atoms with E-state index in [0.29, 0.717) is 42.4 Å². The van der Waals surface area contributed by atoms with Gasteiger partial charge in [0.2, 0.25) is 11.8 Å². The molecule has 0 radical (unpaired) electrons. The number of fused-ring (bicyclic) bond motifs is 1. The van der Waals surface area contributed by atoms with Crippen LogP contribution in [-0.4, -0.2) is 73.5 Å². The Morgan fingerprint density at radius 1 is 1.11 bits per heavy atom. The van der Waals surface area contributed by atoms with Crippen LogP contribution < -0.4 is 10.1 Å². The highest BCUT2D eigenvalue weighted by Crippen LogP contribution is 2.34. The number of benzene rings is 1. The number of likely N-dealkylation sites (N-methyl/N-ethyl adjacent to an activating group) is 1. The summed E-state index contributed by atoms with van der Waals surface area (Å²) in [6, 6.07) is 5.04. The van der Waals surface area contributed by atoms with Gasteiger partial charge in [-0.25, -0.2) is 0 Å². The number of anilines is 1. The molecule has 1 N–H and O–H groups in total. The predicted octanol–water partition coefficient (Wildman–Crippen LogP) is 3.95. The van der Waals surface area contributed by atoms with Crippen LogP contribution in [-0.2, 0) is 14.3 Å². The van der Waals surface area contributed by atoms with E-state index in [-0.39, 0.29) is 48.3 Å². The number of amides is 3. The average Bonchev–Trinajstić information content (AvgIpc) is 3.49. The number of carbonyl (C=O) groups excluding carboxylic acids is 3. The molecule has 36 heavy (non-hydrogen) atoms. The van der Waals surface area contributed by atoms with Crippen molar-refractivity contribution in [1.29, 1.82) is 0 Å². The zero-order valence-corrected chi connectivity index (χ0v) is 22.1. The Balaban J connectivity index is 1.59. The Hall–Kier alpha value is -2.61. The summed E-state index contributed by atoms with van der Waals surface area (Å²) < 4.78 is 12.0. The van der Waals surface area contributed by atoms with Crippen LogP contribution in [0.25, 0.3) is 0 Å². The largest absolute Gasteiger partial charge is 0.491 e. The molecule has 0 unspecified atom stereocenters. The van der Waals surface area contributed by atoms with E-state index in [1.165, 1.54) is 0 Å².